The lowest BCUT2D eigenvalue weighted by molar-refractivity contribution is -0.115. The molecule has 1 aliphatic heterocycles. The first-order valence-corrected chi connectivity index (χ1v) is 6.34. The van der Waals surface area contributed by atoms with Crippen LogP contribution >= 0.6 is 0 Å². The van der Waals surface area contributed by atoms with Gasteiger partial charge >= 0.3 is 0 Å². The summed E-state index contributed by atoms with van der Waals surface area (Å²) in [6.45, 7) is 2.94. The van der Waals surface area contributed by atoms with E-state index in [1.54, 1.807) is 7.11 Å². The third-order valence-corrected chi connectivity index (χ3v) is 3.50. The predicted octanol–water partition coefficient (Wildman–Crippen LogP) is 1.36. The highest BCUT2D eigenvalue weighted by Gasteiger charge is 2.27. The zero-order valence-corrected chi connectivity index (χ0v) is 10.5. The molecule has 0 saturated carbocycles. The van der Waals surface area contributed by atoms with Crippen LogP contribution in [0.1, 0.15) is 25.7 Å². The van der Waals surface area contributed by atoms with Crippen LogP contribution in [0.15, 0.2) is 11.6 Å². The van der Waals surface area contributed by atoms with E-state index in [0.29, 0.717) is 31.6 Å². The molecule has 1 aliphatic carbocycles. The van der Waals surface area contributed by atoms with E-state index in [9.17, 15) is 4.79 Å². The molecular weight excluding hydrogens is 218 g/mol. The molecule has 2 aliphatic rings. The molecule has 0 aromatic carbocycles. The highest BCUT2D eigenvalue weighted by molar-refractivity contribution is 5.97. The number of nitrogens with zero attached hydrogens (tertiary/aromatic N) is 1. The molecule has 0 N–H and O–H groups in total. The van der Waals surface area contributed by atoms with Gasteiger partial charge in [-0.2, -0.15) is 0 Å². The molecule has 0 radical (unpaired) electrons. The monoisotopic (exact) mass is 239 g/mol. The Balaban J connectivity index is 1.80. The van der Waals surface area contributed by atoms with E-state index in [0.717, 1.165) is 31.5 Å². The van der Waals surface area contributed by atoms with E-state index in [-0.39, 0.29) is 0 Å². The van der Waals surface area contributed by atoms with E-state index in [1.165, 1.54) is 6.42 Å². The molecule has 1 atom stereocenters. The lowest BCUT2D eigenvalue weighted by Gasteiger charge is -2.24. The van der Waals surface area contributed by atoms with Crippen LogP contribution in [0.2, 0.25) is 0 Å². The normalized spacial score (nSPS) is 25.6. The number of methoxy groups -OCH3 is 1. The smallest absolute Gasteiger partial charge is 0.160 e. The third kappa shape index (κ3) is 3.37. The summed E-state index contributed by atoms with van der Waals surface area (Å²) >= 11 is 0. The molecule has 0 amide bonds. The van der Waals surface area contributed by atoms with Gasteiger partial charge in [0.2, 0.25) is 0 Å². The van der Waals surface area contributed by atoms with Gasteiger partial charge in [-0.1, -0.05) is 6.08 Å². The van der Waals surface area contributed by atoms with E-state index in [2.05, 4.69) is 11.0 Å². The Hall–Kier alpha value is -0.710. The van der Waals surface area contributed by atoms with Crippen molar-refractivity contribution in [3.05, 3.63) is 11.6 Å². The maximum absolute atomic E-state index is 11.6. The summed E-state index contributed by atoms with van der Waals surface area (Å²) in [6.07, 6.45) is 6.07. The number of hydrogen-bond donors (Lipinski definition) is 0. The molecule has 96 valence electrons. The van der Waals surface area contributed by atoms with Gasteiger partial charge in [0.1, 0.15) is 6.79 Å². The van der Waals surface area contributed by atoms with E-state index in [4.69, 9.17) is 9.47 Å². The number of ketones is 1. The van der Waals surface area contributed by atoms with Crippen molar-refractivity contribution >= 4 is 5.78 Å². The lowest BCUT2D eigenvalue weighted by Crippen LogP contribution is -2.35. The molecule has 0 bridgehead atoms. The van der Waals surface area contributed by atoms with Crippen LogP contribution in [0.5, 0.6) is 0 Å². The van der Waals surface area contributed by atoms with Crippen LogP contribution in [-0.2, 0) is 14.3 Å². The number of likely N-dealkylation sites (tertiary alicyclic amines) is 1. The van der Waals surface area contributed by atoms with Gasteiger partial charge in [-0.05, 0) is 25.8 Å². The molecule has 1 fully saturated rings. The van der Waals surface area contributed by atoms with Crippen LogP contribution in [0.25, 0.3) is 0 Å². The average Bonchev–Trinajstić information content (AvgIpc) is 2.91. The highest BCUT2D eigenvalue weighted by atomic mass is 16.7. The summed E-state index contributed by atoms with van der Waals surface area (Å²) in [4.78, 5) is 13.9. The average molecular weight is 239 g/mol. The van der Waals surface area contributed by atoms with Crippen LogP contribution < -0.4 is 0 Å². The second-order valence-electron chi connectivity index (χ2n) is 4.74. The van der Waals surface area contributed by atoms with Gasteiger partial charge in [0.15, 0.2) is 5.78 Å². The number of allylic oxidation sites excluding steroid dienone is 1. The lowest BCUT2D eigenvalue weighted by atomic mass is 10.2. The number of rotatable bonds is 6. The molecule has 0 unspecified atom stereocenters. The first-order valence-electron chi connectivity index (χ1n) is 6.34. The van der Waals surface area contributed by atoms with Gasteiger partial charge in [-0.3, -0.25) is 9.69 Å². The van der Waals surface area contributed by atoms with Crippen molar-refractivity contribution < 1.29 is 14.3 Å². The van der Waals surface area contributed by atoms with Gasteiger partial charge in [0.25, 0.3) is 0 Å². The van der Waals surface area contributed by atoms with Gasteiger partial charge in [0.05, 0.1) is 6.61 Å². The number of hydrogen-bond acceptors (Lipinski definition) is 4. The van der Waals surface area contributed by atoms with Crippen LogP contribution in [0.4, 0.5) is 0 Å². The molecule has 1 saturated heterocycles. The van der Waals surface area contributed by atoms with Crippen LogP contribution in [-0.4, -0.2) is 50.3 Å². The summed E-state index contributed by atoms with van der Waals surface area (Å²) in [5.74, 6) is 0.327. The molecular formula is C13H21NO3. The molecule has 0 aromatic rings. The van der Waals surface area contributed by atoms with Gasteiger partial charge < -0.3 is 9.47 Å². The summed E-state index contributed by atoms with van der Waals surface area (Å²) in [5, 5.41) is 0. The summed E-state index contributed by atoms with van der Waals surface area (Å²) in [7, 11) is 1.63. The second kappa shape index (κ2) is 6.28. The fourth-order valence-electron chi connectivity index (χ4n) is 2.58. The number of ether oxygens (including phenoxy) is 2. The molecule has 4 nitrogen and oxygen atoms in total. The number of carbonyl (C=O) groups excluding carboxylic acids is 1. The first-order chi connectivity index (χ1) is 8.31. The number of Topliss-reactive ketones (excluding diaryl/α,β-unsaturated/α-hetero) is 1. The summed E-state index contributed by atoms with van der Waals surface area (Å²) < 4.78 is 10.3. The van der Waals surface area contributed by atoms with Crippen LogP contribution in [0, 0.1) is 0 Å². The van der Waals surface area contributed by atoms with Gasteiger partial charge in [0, 0.05) is 31.7 Å². The molecule has 17 heavy (non-hydrogen) atoms. The zero-order chi connectivity index (χ0) is 12.1. The predicted molar refractivity (Wildman–Crippen MR) is 64.7 cm³/mol. The first kappa shape index (κ1) is 12.7. The molecule has 1 heterocycles. The summed E-state index contributed by atoms with van der Waals surface area (Å²) in [5.41, 5.74) is 1.00. The fourth-order valence-corrected chi connectivity index (χ4v) is 2.58. The van der Waals surface area contributed by atoms with Crippen molar-refractivity contribution in [3.63, 3.8) is 0 Å². The summed E-state index contributed by atoms with van der Waals surface area (Å²) in [6, 6.07) is 0.444. The topological polar surface area (TPSA) is 38.8 Å². The maximum atomic E-state index is 11.6. The van der Waals surface area contributed by atoms with Crippen LogP contribution in [0.3, 0.4) is 0 Å². The Labute approximate surface area is 103 Å². The van der Waals surface area contributed by atoms with Gasteiger partial charge in [-0.25, -0.2) is 0 Å². The standard InChI is InChI=1S/C13H21NO3/c1-16-10-17-9-12-5-3-7-14(12)8-11-4-2-6-13(11)15/h4,12H,2-3,5-10H2,1H3/t12-/m0/s1. The fraction of sp³-hybridized carbons (Fsp3) is 0.769. The Morgan fingerprint density at radius 1 is 1.53 bits per heavy atom. The Morgan fingerprint density at radius 3 is 3.12 bits per heavy atom. The van der Waals surface area contributed by atoms with Crippen molar-refractivity contribution in [1.29, 1.82) is 0 Å². The second-order valence-corrected chi connectivity index (χ2v) is 4.74. The van der Waals surface area contributed by atoms with E-state index < -0.39 is 0 Å². The molecule has 0 aromatic heterocycles. The Bertz CT molecular complexity index is 301. The van der Waals surface area contributed by atoms with Crippen molar-refractivity contribution in [1.82, 2.24) is 4.90 Å². The van der Waals surface area contributed by atoms with Crippen molar-refractivity contribution in [3.8, 4) is 0 Å². The quantitative estimate of drug-likeness (QED) is 0.518. The van der Waals surface area contributed by atoms with E-state index >= 15 is 0 Å². The van der Waals surface area contributed by atoms with Crippen molar-refractivity contribution in [2.45, 2.75) is 31.7 Å². The number of carbonyl (C=O) groups is 1. The minimum atomic E-state index is 0.327. The Morgan fingerprint density at radius 2 is 2.41 bits per heavy atom. The SMILES string of the molecule is COCOC[C@@H]1CCCN1CC1=CCCC1=O. The Kier molecular flexibility index (Phi) is 4.71. The van der Waals surface area contributed by atoms with E-state index in [1.807, 2.05) is 0 Å². The minimum Gasteiger partial charge on any atom is -0.359 e. The van der Waals surface area contributed by atoms with Crippen molar-refractivity contribution in [2.75, 3.05) is 33.6 Å². The highest BCUT2D eigenvalue weighted by Crippen LogP contribution is 2.22. The molecule has 2 rings (SSSR count). The molecule has 0 spiro atoms. The maximum Gasteiger partial charge on any atom is 0.160 e. The zero-order valence-electron chi connectivity index (χ0n) is 10.5. The molecule has 4 heteroatoms. The minimum absolute atomic E-state index is 0.327. The van der Waals surface area contributed by atoms with Crippen molar-refractivity contribution in [2.24, 2.45) is 0 Å². The van der Waals surface area contributed by atoms with Gasteiger partial charge in [-0.15, -0.1) is 0 Å². The third-order valence-electron chi connectivity index (χ3n) is 3.50. The largest absolute Gasteiger partial charge is 0.359 e.